The lowest BCUT2D eigenvalue weighted by molar-refractivity contribution is 0.585. The van der Waals surface area contributed by atoms with Gasteiger partial charge in [-0.1, -0.05) is 26.2 Å². The van der Waals surface area contributed by atoms with Gasteiger partial charge in [-0.15, -0.1) is 0 Å². The quantitative estimate of drug-likeness (QED) is 0.645. The summed E-state index contributed by atoms with van der Waals surface area (Å²) in [6, 6.07) is 2.48. The average molecular weight is 197 g/mol. The topological polar surface area (TPSA) is 23.8 Å². The monoisotopic (exact) mass is 197 g/mol. The van der Waals surface area contributed by atoms with Crippen molar-refractivity contribution >= 4 is 11.8 Å². The van der Waals surface area contributed by atoms with Crippen LogP contribution in [-0.4, -0.2) is 11.0 Å². The molecule has 1 saturated carbocycles. The number of thioether (sulfide) groups is 1. The van der Waals surface area contributed by atoms with Crippen molar-refractivity contribution in [1.29, 1.82) is 5.26 Å². The van der Waals surface area contributed by atoms with Gasteiger partial charge in [0, 0.05) is 5.25 Å². The van der Waals surface area contributed by atoms with Crippen molar-refractivity contribution in [3.8, 4) is 6.07 Å². The number of nitrogens with zero attached hydrogens (tertiary/aromatic N) is 1. The molecule has 0 aromatic heterocycles. The van der Waals surface area contributed by atoms with Crippen LogP contribution in [-0.2, 0) is 0 Å². The van der Waals surface area contributed by atoms with Gasteiger partial charge in [-0.2, -0.15) is 17.0 Å². The van der Waals surface area contributed by atoms with Crippen LogP contribution in [0.2, 0.25) is 0 Å². The minimum absolute atomic E-state index is 0.332. The van der Waals surface area contributed by atoms with Gasteiger partial charge >= 0.3 is 0 Å². The molecule has 2 heteroatoms. The highest BCUT2D eigenvalue weighted by atomic mass is 32.2. The Balaban J connectivity index is 2.40. The fourth-order valence-electron chi connectivity index (χ4n) is 1.89. The van der Waals surface area contributed by atoms with Gasteiger partial charge in [0.2, 0.25) is 0 Å². The lowest BCUT2D eigenvalue weighted by Crippen LogP contribution is -2.14. The predicted molar refractivity (Wildman–Crippen MR) is 58.7 cm³/mol. The Morgan fingerprint density at radius 3 is 2.77 bits per heavy atom. The molecule has 0 amide bonds. The normalized spacial score (nSPS) is 29.2. The van der Waals surface area contributed by atoms with Crippen LogP contribution < -0.4 is 0 Å². The van der Waals surface area contributed by atoms with Crippen molar-refractivity contribution in [3.05, 3.63) is 0 Å². The van der Waals surface area contributed by atoms with Crippen molar-refractivity contribution in [2.24, 2.45) is 5.92 Å². The van der Waals surface area contributed by atoms with Crippen molar-refractivity contribution in [2.75, 3.05) is 5.75 Å². The molecule has 0 radical (unpaired) electrons. The number of nitriles is 1. The van der Waals surface area contributed by atoms with Gasteiger partial charge in [0.1, 0.15) is 0 Å². The molecule has 0 heterocycles. The molecule has 0 spiro atoms. The van der Waals surface area contributed by atoms with E-state index in [9.17, 15) is 0 Å². The maximum Gasteiger partial charge on any atom is 0.0667 e. The third-order valence-electron chi connectivity index (χ3n) is 2.65. The van der Waals surface area contributed by atoms with E-state index in [-0.39, 0.29) is 0 Å². The summed E-state index contributed by atoms with van der Waals surface area (Å²) >= 11 is 2.02. The first-order valence-electron chi connectivity index (χ1n) is 5.39. The largest absolute Gasteiger partial charge is 0.198 e. The van der Waals surface area contributed by atoms with Gasteiger partial charge in [0.15, 0.2) is 0 Å². The van der Waals surface area contributed by atoms with E-state index in [2.05, 4.69) is 13.0 Å². The standard InChI is InChI=1S/C11H19NS/c1-2-8-13-11-7-5-3-4-6-10(11)9-12/h10-11H,2-8H2,1H3. The minimum Gasteiger partial charge on any atom is -0.198 e. The maximum absolute atomic E-state index is 9.02. The highest BCUT2D eigenvalue weighted by molar-refractivity contribution is 7.99. The number of rotatable bonds is 3. The molecular formula is C11H19NS. The molecular weight excluding hydrogens is 178 g/mol. The summed E-state index contributed by atoms with van der Waals surface area (Å²) in [6.45, 7) is 2.21. The first kappa shape index (κ1) is 10.9. The van der Waals surface area contributed by atoms with E-state index in [0.717, 1.165) is 6.42 Å². The average Bonchev–Trinajstić information content (AvgIpc) is 2.39. The van der Waals surface area contributed by atoms with E-state index in [1.165, 1.54) is 37.9 Å². The van der Waals surface area contributed by atoms with Crippen molar-refractivity contribution < 1.29 is 0 Å². The van der Waals surface area contributed by atoms with Gasteiger partial charge in [-0.3, -0.25) is 0 Å². The molecule has 13 heavy (non-hydrogen) atoms. The summed E-state index contributed by atoms with van der Waals surface area (Å²) < 4.78 is 0. The van der Waals surface area contributed by atoms with E-state index in [0.29, 0.717) is 11.2 Å². The van der Waals surface area contributed by atoms with Gasteiger partial charge in [-0.05, 0) is 25.0 Å². The van der Waals surface area contributed by atoms with Crippen LogP contribution in [0.3, 0.4) is 0 Å². The van der Waals surface area contributed by atoms with Gasteiger partial charge in [0.05, 0.1) is 12.0 Å². The van der Waals surface area contributed by atoms with E-state index in [1.807, 2.05) is 11.8 Å². The molecule has 2 atom stereocenters. The van der Waals surface area contributed by atoms with Gasteiger partial charge in [-0.25, -0.2) is 0 Å². The predicted octanol–water partition coefficient (Wildman–Crippen LogP) is 3.60. The Bertz CT molecular complexity index is 173. The Morgan fingerprint density at radius 2 is 2.08 bits per heavy atom. The molecule has 0 aromatic carbocycles. The third kappa shape index (κ3) is 3.60. The molecule has 2 unspecified atom stereocenters. The summed E-state index contributed by atoms with van der Waals surface area (Å²) in [5, 5.41) is 9.65. The molecule has 0 saturated heterocycles. The lowest BCUT2D eigenvalue weighted by atomic mass is 10.0. The van der Waals surface area contributed by atoms with E-state index >= 15 is 0 Å². The first-order valence-corrected chi connectivity index (χ1v) is 6.44. The second-order valence-corrected chi connectivity index (χ2v) is 5.13. The van der Waals surface area contributed by atoms with E-state index in [4.69, 9.17) is 5.26 Å². The second kappa shape index (κ2) is 6.32. The summed E-state index contributed by atoms with van der Waals surface area (Å²) in [5.74, 6) is 1.56. The maximum atomic E-state index is 9.02. The highest BCUT2D eigenvalue weighted by Crippen LogP contribution is 2.32. The zero-order valence-corrected chi connectivity index (χ0v) is 9.28. The minimum atomic E-state index is 0.332. The molecule has 1 aliphatic rings. The fourth-order valence-corrected chi connectivity index (χ4v) is 3.19. The van der Waals surface area contributed by atoms with Crippen LogP contribution in [0.4, 0.5) is 0 Å². The molecule has 1 rings (SSSR count). The molecule has 0 aliphatic heterocycles. The first-order chi connectivity index (χ1) is 6.38. The summed E-state index contributed by atoms with van der Waals surface area (Å²) in [5.41, 5.74) is 0. The fraction of sp³-hybridized carbons (Fsp3) is 0.909. The van der Waals surface area contributed by atoms with Gasteiger partial charge in [0.25, 0.3) is 0 Å². The van der Waals surface area contributed by atoms with Crippen molar-refractivity contribution in [3.63, 3.8) is 0 Å². The van der Waals surface area contributed by atoms with E-state index < -0.39 is 0 Å². The van der Waals surface area contributed by atoms with Crippen molar-refractivity contribution in [1.82, 2.24) is 0 Å². The zero-order chi connectivity index (χ0) is 9.52. The molecule has 1 nitrogen and oxygen atoms in total. The molecule has 1 fully saturated rings. The SMILES string of the molecule is CCCSC1CCCCCC1C#N. The Labute approximate surface area is 85.9 Å². The van der Waals surface area contributed by atoms with Crippen LogP contribution in [0.1, 0.15) is 45.4 Å². The summed E-state index contributed by atoms with van der Waals surface area (Å²) in [7, 11) is 0. The molecule has 1 aliphatic carbocycles. The second-order valence-electron chi connectivity index (χ2n) is 3.78. The van der Waals surface area contributed by atoms with Crippen LogP contribution in [0.25, 0.3) is 0 Å². The van der Waals surface area contributed by atoms with Gasteiger partial charge < -0.3 is 0 Å². The summed E-state index contributed by atoms with van der Waals surface area (Å²) in [6.07, 6.45) is 7.57. The van der Waals surface area contributed by atoms with Crippen LogP contribution in [0.15, 0.2) is 0 Å². The molecule has 74 valence electrons. The Kier molecular flexibility index (Phi) is 5.31. The third-order valence-corrected chi connectivity index (χ3v) is 4.29. The number of hydrogen-bond donors (Lipinski definition) is 0. The van der Waals surface area contributed by atoms with Crippen LogP contribution in [0, 0.1) is 17.2 Å². The van der Waals surface area contributed by atoms with Crippen molar-refractivity contribution in [2.45, 2.75) is 50.7 Å². The van der Waals surface area contributed by atoms with E-state index in [1.54, 1.807) is 0 Å². The Morgan fingerprint density at radius 1 is 1.31 bits per heavy atom. The molecule has 0 N–H and O–H groups in total. The lowest BCUT2D eigenvalue weighted by Gasteiger charge is -2.17. The Hall–Kier alpha value is -0.160. The molecule has 0 aromatic rings. The van der Waals surface area contributed by atoms with Crippen LogP contribution >= 0.6 is 11.8 Å². The van der Waals surface area contributed by atoms with Crippen LogP contribution in [0.5, 0.6) is 0 Å². The molecule has 0 bridgehead atoms. The zero-order valence-electron chi connectivity index (χ0n) is 8.46. The summed E-state index contributed by atoms with van der Waals surface area (Å²) in [4.78, 5) is 0. The highest BCUT2D eigenvalue weighted by Gasteiger charge is 2.23. The smallest absolute Gasteiger partial charge is 0.0667 e. The number of hydrogen-bond acceptors (Lipinski definition) is 2.